The number of hydrogen-bond donors (Lipinski definition) is 1. The first-order chi connectivity index (χ1) is 11.8. The molecule has 0 unspecified atom stereocenters. The molecule has 2 rings (SSSR count). The molecule has 0 atom stereocenters. The number of likely N-dealkylation sites (N-methyl/N-ethyl adjacent to an activating group) is 1. The minimum atomic E-state index is -4.49. The van der Waals surface area contributed by atoms with Crippen LogP contribution in [0.5, 0.6) is 0 Å². The highest BCUT2D eigenvalue weighted by Gasteiger charge is 2.29. The second-order valence-corrected chi connectivity index (χ2v) is 7.89. The van der Waals surface area contributed by atoms with Crippen molar-refractivity contribution in [2.45, 2.75) is 9.79 Å². The van der Waals surface area contributed by atoms with Crippen molar-refractivity contribution in [1.82, 2.24) is 4.31 Å². The summed E-state index contributed by atoms with van der Waals surface area (Å²) < 4.78 is 52.8. The number of amides is 1. The summed E-state index contributed by atoms with van der Waals surface area (Å²) in [6, 6.07) is 9.76. The van der Waals surface area contributed by atoms with E-state index in [0.29, 0.717) is 9.99 Å². The lowest BCUT2D eigenvalue weighted by atomic mass is 10.3. The van der Waals surface area contributed by atoms with Gasteiger partial charge in [-0.1, -0.05) is 18.2 Å². The van der Waals surface area contributed by atoms with E-state index in [-0.39, 0.29) is 0 Å². The number of para-hydroxylation sites is 1. The standard InChI is InChI=1S/C16H16F2N2O3S2/c1-20(25(22,23)16-11(17)6-5-7-12(16)18)10-15(21)19-13-8-3-4-9-14(13)24-2/h3-9H,10H2,1-2H3,(H,19,21). The highest BCUT2D eigenvalue weighted by Crippen LogP contribution is 2.25. The number of carbonyl (C=O) groups excluding carboxylic acids is 1. The Morgan fingerprint density at radius 1 is 1.12 bits per heavy atom. The van der Waals surface area contributed by atoms with Crippen LogP contribution in [0.15, 0.2) is 52.3 Å². The van der Waals surface area contributed by atoms with Crippen molar-refractivity contribution in [3.63, 3.8) is 0 Å². The van der Waals surface area contributed by atoms with Crippen LogP contribution in [-0.4, -0.2) is 38.5 Å². The number of nitrogens with one attached hydrogen (secondary N) is 1. The smallest absolute Gasteiger partial charge is 0.249 e. The summed E-state index contributed by atoms with van der Waals surface area (Å²) in [6.07, 6.45) is 1.84. The number of thioether (sulfide) groups is 1. The molecule has 1 N–H and O–H groups in total. The SMILES string of the molecule is CSc1ccccc1NC(=O)CN(C)S(=O)(=O)c1c(F)cccc1F. The Hall–Kier alpha value is -1.97. The Kier molecular flexibility index (Phi) is 6.15. The van der Waals surface area contributed by atoms with Gasteiger partial charge in [-0.15, -0.1) is 11.8 Å². The molecule has 5 nitrogen and oxygen atoms in total. The second-order valence-electron chi connectivity index (χ2n) is 5.06. The molecule has 0 aliphatic heterocycles. The van der Waals surface area contributed by atoms with Crippen LogP contribution >= 0.6 is 11.8 Å². The Balaban J connectivity index is 2.18. The fraction of sp³-hybridized carbons (Fsp3) is 0.188. The summed E-state index contributed by atoms with van der Waals surface area (Å²) in [5.41, 5.74) is 0.530. The van der Waals surface area contributed by atoms with Crippen molar-refractivity contribution in [3.05, 3.63) is 54.1 Å². The van der Waals surface area contributed by atoms with Crippen LogP contribution in [0.2, 0.25) is 0 Å². The molecule has 0 heterocycles. The molecule has 0 fully saturated rings. The fourth-order valence-corrected chi connectivity index (χ4v) is 3.89. The summed E-state index contributed by atoms with van der Waals surface area (Å²) in [7, 11) is -3.40. The molecule has 0 aliphatic carbocycles. The van der Waals surface area contributed by atoms with Crippen LogP contribution in [0.1, 0.15) is 0 Å². The molecule has 2 aromatic carbocycles. The minimum Gasteiger partial charge on any atom is -0.324 e. The molecule has 0 saturated carbocycles. The number of rotatable bonds is 6. The van der Waals surface area contributed by atoms with E-state index in [4.69, 9.17) is 0 Å². The van der Waals surface area contributed by atoms with E-state index in [1.165, 1.54) is 11.8 Å². The van der Waals surface area contributed by atoms with Crippen LogP contribution in [0.3, 0.4) is 0 Å². The van der Waals surface area contributed by atoms with Crippen LogP contribution in [0.25, 0.3) is 0 Å². The fourth-order valence-electron chi connectivity index (χ4n) is 2.11. The molecule has 9 heteroatoms. The summed E-state index contributed by atoms with van der Waals surface area (Å²) in [5.74, 6) is -3.04. The third kappa shape index (κ3) is 4.36. The largest absolute Gasteiger partial charge is 0.324 e. The summed E-state index contributed by atoms with van der Waals surface area (Å²) in [5, 5.41) is 2.59. The molecule has 0 aromatic heterocycles. The highest BCUT2D eigenvalue weighted by atomic mass is 32.2. The van der Waals surface area contributed by atoms with Crippen molar-refractivity contribution in [2.24, 2.45) is 0 Å². The van der Waals surface area contributed by atoms with Crippen LogP contribution in [0.4, 0.5) is 14.5 Å². The monoisotopic (exact) mass is 386 g/mol. The number of halogens is 2. The van der Waals surface area contributed by atoms with Crippen molar-refractivity contribution >= 4 is 33.4 Å². The third-order valence-electron chi connectivity index (χ3n) is 3.33. The quantitative estimate of drug-likeness (QED) is 0.776. The van der Waals surface area contributed by atoms with Gasteiger partial charge >= 0.3 is 0 Å². The van der Waals surface area contributed by atoms with Crippen molar-refractivity contribution in [3.8, 4) is 0 Å². The third-order valence-corrected chi connectivity index (χ3v) is 5.99. The number of nitrogens with zero attached hydrogens (tertiary/aromatic N) is 1. The molecule has 0 spiro atoms. The van der Waals surface area contributed by atoms with E-state index in [1.54, 1.807) is 24.3 Å². The van der Waals surface area contributed by atoms with Crippen molar-refractivity contribution in [2.75, 3.05) is 25.2 Å². The van der Waals surface area contributed by atoms with Crippen LogP contribution < -0.4 is 5.32 Å². The van der Waals surface area contributed by atoms with Gasteiger partial charge in [0, 0.05) is 11.9 Å². The Labute approximate surface area is 149 Å². The van der Waals surface area contributed by atoms with Gasteiger partial charge in [-0.3, -0.25) is 4.79 Å². The average molecular weight is 386 g/mol. The van der Waals surface area contributed by atoms with E-state index >= 15 is 0 Å². The maximum Gasteiger partial charge on any atom is 0.249 e. The summed E-state index contributed by atoms with van der Waals surface area (Å²) in [4.78, 5) is 11.9. The van der Waals surface area contributed by atoms with Gasteiger partial charge in [0.1, 0.15) is 11.6 Å². The van der Waals surface area contributed by atoms with Gasteiger partial charge in [-0.2, -0.15) is 4.31 Å². The zero-order valence-corrected chi connectivity index (χ0v) is 15.1. The number of benzene rings is 2. The Morgan fingerprint density at radius 2 is 1.72 bits per heavy atom. The van der Waals surface area contributed by atoms with Gasteiger partial charge < -0.3 is 5.32 Å². The highest BCUT2D eigenvalue weighted by molar-refractivity contribution is 7.98. The number of hydrogen-bond acceptors (Lipinski definition) is 4. The molecule has 1 amide bonds. The van der Waals surface area contributed by atoms with Gasteiger partial charge in [0.05, 0.1) is 12.2 Å². The summed E-state index contributed by atoms with van der Waals surface area (Å²) >= 11 is 1.42. The lowest BCUT2D eigenvalue weighted by molar-refractivity contribution is -0.116. The molecular weight excluding hydrogens is 370 g/mol. The molecule has 25 heavy (non-hydrogen) atoms. The molecule has 134 valence electrons. The molecular formula is C16H16F2N2O3S2. The van der Waals surface area contributed by atoms with Gasteiger partial charge in [-0.05, 0) is 30.5 Å². The maximum atomic E-state index is 13.7. The van der Waals surface area contributed by atoms with E-state index in [9.17, 15) is 22.0 Å². The molecule has 2 aromatic rings. The normalized spacial score (nSPS) is 11.6. The van der Waals surface area contributed by atoms with Crippen LogP contribution in [0, 0.1) is 11.6 Å². The molecule has 0 radical (unpaired) electrons. The predicted molar refractivity (Wildman–Crippen MR) is 93.0 cm³/mol. The van der Waals surface area contributed by atoms with E-state index in [0.717, 1.165) is 30.1 Å². The van der Waals surface area contributed by atoms with Gasteiger partial charge in [0.25, 0.3) is 0 Å². The number of anilines is 1. The second kappa shape index (κ2) is 7.94. The van der Waals surface area contributed by atoms with Crippen LogP contribution in [-0.2, 0) is 14.8 Å². The van der Waals surface area contributed by atoms with Gasteiger partial charge in [0.2, 0.25) is 15.9 Å². The molecule has 0 bridgehead atoms. The van der Waals surface area contributed by atoms with E-state index < -0.39 is 39.0 Å². The first-order valence-electron chi connectivity index (χ1n) is 7.10. The van der Waals surface area contributed by atoms with E-state index in [1.807, 2.05) is 6.26 Å². The van der Waals surface area contributed by atoms with Crippen molar-refractivity contribution < 1.29 is 22.0 Å². The molecule has 0 aliphatic rings. The minimum absolute atomic E-state index is 0.530. The lowest BCUT2D eigenvalue weighted by Gasteiger charge is -2.18. The summed E-state index contributed by atoms with van der Waals surface area (Å²) in [6.45, 7) is -0.585. The van der Waals surface area contributed by atoms with Gasteiger partial charge in [-0.25, -0.2) is 17.2 Å². The van der Waals surface area contributed by atoms with Crippen molar-refractivity contribution in [1.29, 1.82) is 0 Å². The molecule has 0 saturated heterocycles. The Morgan fingerprint density at radius 3 is 2.32 bits per heavy atom. The zero-order chi connectivity index (χ0) is 18.6. The first-order valence-corrected chi connectivity index (χ1v) is 9.77. The average Bonchev–Trinajstić information content (AvgIpc) is 2.54. The first kappa shape index (κ1) is 19.4. The Bertz CT molecular complexity index is 868. The predicted octanol–water partition coefficient (Wildman–Crippen LogP) is 2.95. The van der Waals surface area contributed by atoms with Gasteiger partial charge in [0.15, 0.2) is 4.90 Å². The van der Waals surface area contributed by atoms with E-state index in [2.05, 4.69) is 5.32 Å². The zero-order valence-electron chi connectivity index (χ0n) is 13.5. The number of sulfonamides is 1. The number of carbonyl (C=O) groups is 1. The topological polar surface area (TPSA) is 66.5 Å². The maximum absolute atomic E-state index is 13.7. The lowest BCUT2D eigenvalue weighted by Crippen LogP contribution is -2.35.